The van der Waals surface area contributed by atoms with Crippen LogP contribution < -0.4 is 19.5 Å². The number of nitrogens with one attached hydrogen (secondary N) is 1. The van der Waals surface area contributed by atoms with E-state index >= 15 is 0 Å². The fourth-order valence-corrected chi connectivity index (χ4v) is 2.01. The molecule has 2 aromatic carbocycles. The van der Waals surface area contributed by atoms with Crippen molar-refractivity contribution in [1.29, 1.82) is 0 Å². The quantitative estimate of drug-likeness (QED) is 0.853. The molecule has 0 spiro atoms. The van der Waals surface area contributed by atoms with Gasteiger partial charge in [-0.3, -0.25) is 4.79 Å². The molecule has 0 aromatic heterocycles. The average molecular weight is 315 g/mol. The molecule has 0 heterocycles. The normalized spacial score (nSPS) is 11.4. The summed E-state index contributed by atoms with van der Waals surface area (Å²) in [6, 6.07) is 14.7. The highest BCUT2D eigenvalue weighted by Gasteiger charge is 2.14. The molecule has 0 fully saturated rings. The van der Waals surface area contributed by atoms with Crippen molar-refractivity contribution in [2.75, 3.05) is 14.2 Å². The van der Waals surface area contributed by atoms with Crippen LogP contribution in [0.2, 0.25) is 0 Å². The van der Waals surface area contributed by atoms with Crippen LogP contribution in [0.25, 0.3) is 0 Å². The summed E-state index contributed by atoms with van der Waals surface area (Å²) in [6.45, 7) is 2.15. The second-order valence-electron chi connectivity index (χ2n) is 5.00. The van der Waals surface area contributed by atoms with E-state index in [1.54, 1.807) is 33.3 Å². The van der Waals surface area contributed by atoms with Crippen molar-refractivity contribution in [3.05, 3.63) is 54.1 Å². The van der Waals surface area contributed by atoms with E-state index in [1.807, 2.05) is 36.4 Å². The van der Waals surface area contributed by atoms with E-state index in [0.717, 1.165) is 11.3 Å². The van der Waals surface area contributed by atoms with Crippen LogP contribution in [0.1, 0.15) is 12.5 Å². The van der Waals surface area contributed by atoms with E-state index in [2.05, 4.69) is 5.32 Å². The van der Waals surface area contributed by atoms with Gasteiger partial charge in [-0.1, -0.05) is 18.2 Å². The Morgan fingerprint density at radius 2 is 1.65 bits per heavy atom. The lowest BCUT2D eigenvalue weighted by Gasteiger charge is -2.15. The minimum absolute atomic E-state index is 0.177. The molecule has 0 saturated carbocycles. The molecule has 5 heteroatoms. The van der Waals surface area contributed by atoms with Gasteiger partial charge in [-0.25, -0.2) is 0 Å². The number of methoxy groups -OCH3 is 2. The van der Waals surface area contributed by atoms with Gasteiger partial charge in [0.2, 0.25) is 0 Å². The number of carbonyl (C=O) groups excluding carboxylic acids is 1. The zero-order valence-corrected chi connectivity index (χ0v) is 13.5. The van der Waals surface area contributed by atoms with E-state index in [1.165, 1.54) is 0 Å². The highest BCUT2D eigenvalue weighted by molar-refractivity contribution is 5.80. The molecule has 0 saturated heterocycles. The van der Waals surface area contributed by atoms with Crippen LogP contribution >= 0.6 is 0 Å². The lowest BCUT2D eigenvalue weighted by Crippen LogP contribution is -2.35. The molecule has 5 nitrogen and oxygen atoms in total. The molecular weight excluding hydrogens is 294 g/mol. The first-order valence-electron chi connectivity index (χ1n) is 7.33. The van der Waals surface area contributed by atoms with Gasteiger partial charge in [0.15, 0.2) is 6.10 Å². The predicted octanol–water partition coefficient (Wildman–Crippen LogP) is 2.79. The molecule has 0 bridgehead atoms. The van der Waals surface area contributed by atoms with Crippen LogP contribution in [0, 0.1) is 0 Å². The molecule has 0 radical (unpaired) electrons. The second-order valence-corrected chi connectivity index (χ2v) is 5.00. The number of hydrogen-bond acceptors (Lipinski definition) is 4. The number of amides is 1. The van der Waals surface area contributed by atoms with Gasteiger partial charge in [-0.15, -0.1) is 0 Å². The second kappa shape index (κ2) is 8.08. The van der Waals surface area contributed by atoms with Gasteiger partial charge in [0.05, 0.1) is 14.2 Å². The lowest BCUT2D eigenvalue weighted by molar-refractivity contribution is -0.127. The van der Waals surface area contributed by atoms with Crippen LogP contribution in [-0.2, 0) is 11.3 Å². The standard InChI is InChI=1S/C18H21NO4/c1-13(23-17-6-4-5-16(11-17)22-3)18(20)19-12-14-7-9-15(21-2)10-8-14/h4-11,13H,12H2,1-3H3,(H,19,20)/t13-/m1/s1. The third-order valence-corrected chi connectivity index (χ3v) is 3.35. The van der Waals surface area contributed by atoms with Gasteiger partial charge in [0, 0.05) is 12.6 Å². The number of carbonyl (C=O) groups is 1. The molecule has 1 atom stereocenters. The van der Waals surface area contributed by atoms with Gasteiger partial charge in [0.25, 0.3) is 5.91 Å². The van der Waals surface area contributed by atoms with Crippen molar-refractivity contribution in [2.45, 2.75) is 19.6 Å². The van der Waals surface area contributed by atoms with Gasteiger partial charge in [-0.2, -0.15) is 0 Å². The van der Waals surface area contributed by atoms with E-state index in [9.17, 15) is 4.79 Å². The van der Waals surface area contributed by atoms with Crippen molar-refractivity contribution < 1.29 is 19.0 Å². The molecule has 0 aliphatic rings. The zero-order chi connectivity index (χ0) is 16.7. The minimum Gasteiger partial charge on any atom is -0.497 e. The lowest BCUT2D eigenvalue weighted by atomic mass is 10.2. The van der Waals surface area contributed by atoms with Gasteiger partial charge < -0.3 is 19.5 Å². The van der Waals surface area contributed by atoms with E-state index < -0.39 is 6.10 Å². The summed E-state index contributed by atoms with van der Waals surface area (Å²) in [6.07, 6.45) is -0.597. The third-order valence-electron chi connectivity index (χ3n) is 3.35. The smallest absolute Gasteiger partial charge is 0.261 e. The molecule has 2 aromatic rings. The monoisotopic (exact) mass is 315 g/mol. The van der Waals surface area contributed by atoms with Crippen LogP contribution in [0.5, 0.6) is 17.2 Å². The fourth-order valence-electron chi connectivity index (χ4n) is 2.01. The Bertz CT molecular complexity index is 640. The van der Waals surface area contributed by atoms with Crippen LogP contribution in [0.4, 0.5) is 0 Å². The average Bonchev–Trinajstić information content (AvgIpc) is 2.60. The number of hydrogen-bond donors (Lipinski definition) is 1. The Labute approximate surface area is 136 Å². The Hall–Kier alpha value is -2.69. The van der Waals surface area contributed by atoms with E-state index in [0.29, 0.717) is 18.0 Å². The first-order valence-corrected chi connectivity index (χ1v) is 7.33. The molecular formula is C18H21NO4. The van der Waals surface area contributed by atoms with E-state index in [4.69, 9.17) is 14.2 Å². The summed E-state index contributed by atoms with van der Waals surface area (Å²) >= 11 is 0. The molecule has 23 heavy (non-hydrogen) atoms. The fraction of sp³-hybridized carbons (Fsp3) is 0.278. The Kier molecular flexibility index (Phi) is 5.86. The molecule has 0 aliphatic heterocycles. The summed E-state index contributed by atoms with van der Waals surface area (Å²) < 4.78 is 15.9. The number of benzene rings is 2. The maximum atomic E-state index is 12.1. The largest absolute Gasteiger partial charge is 0.497 e. The number of rotatable bonds is 7. The number of ether oxygens (including phenoxy) is 3. The molecule has 1 amide bonds. The topological polar surface area (TPSA) is 56.8 Å². The summed E-state index contributed by atoms with van der Waals surface area (Å²) in [4.78, 5) is 12.1. The molecule has 0 aliphatic carbocycles. The third kappa shape index (κ3) is 4.92. The Morgan fingerprint density at radius 3 is 2.30 bits per heavy atom. The van der Waals surface area contributed by atoms with Crippen molar-refractivity contribution in [1.82, 2.24) is 5.32 Å². The van der Waals surface area contributed by atoms with Gasteiger partial charge in [0.1, 0.15) is 17.2 Å². The predicted molar refractivity (Wildman–Crippen MR) is 87.9 cm³/mol. The van der Waals surface area contributed by atoms with Gasteiger partial charge >= 0.3 is 0 Å². The van der Waals surface area contributed by atoms with Crippen LogP contribution in [0.3, 0.4) is 0 Å². The van der Waals surface area contributed by atoms with Crippen LogP contribution in [-0.4, -0.2) is 26.2 Å². The van der Waals surface area contributed by atoms with E-state index in [-0.39, 0.29) is 5.91 Å². The van der Waals surface area contributed by atoms with Crippen LogP contribution in [0.15, 0.2) is 48.5 Å². The first-order chi connectivity index (χ1) is 11.1. The summed E-state index contributed by atoms with van der Waals surface area (Å²) in [7, 11) is 3.21. The summed E-state index contributed by atoms with van der Waals surface area (Å²) in [5.74, 6) is 1.89. The SMILES string of the molecule is COc1ccc(CNC(=O)[C@@H](C)Oc2cccc(OC)c2)cc1. The highest BCUT2D eigenvalue weighted by atomic mass is 16.5. The van der Waals surface area contributed by atoms with Crippen molar-refractivity contribution in [3.8, 4) is 17.2 Å². The molecule has 2 rings (SSSR count). The maximum absolute atomic E-state index is 12.1. The van der Waals surface area contributed by atoms with Crippen molar-refractivity contribution in [2.24, 2.45) is 0 Å². The molecule has 122 valence electrons. The molecule has 0 unspecified atom stereocenters. The van der Waals surface area contributed by atoms with Gasteiger partial charge in [-0.05, 0) is 36.8 Å². The Balaban J connectivity index is 1.86. The summed E-state index contributed by atoms with van der Waals surface area (Å²) in [5.41, 5.74) is 0.993. The molecule has 1 N–H and O–H groups in total. The first kappa shape index (κ1) is 16.7. The van der Waals surface area contributed by atoms with Crippen molar-refractivity contribution >= 4 is 5.91 Å². The van der Waals surface area contributed by atoms with Crippen molar-refractivity contribution in [3.63, 3.8) is 0 Å². The highest BCUT2D eigenvalue weighted by Crippen LogP contribution is 2.20. The minimum atomic E-state index is -0.597. The Morgan fingerprint density at radius 1 is 1.00 bits per heavy atom. The maximum Gasteiger partial charge on any atom is 0.261 e. The summed E-state index contributed by atoms with van der Waals surface area (Å²) in [5, 5.41) is 2.85. The zero-order valence-electron chi connectivity index (χ0n) is 13.5.